The summed E-state index contributed by atoms with van der Waals surface area (Å²) in [7, 11) is 0. The fourth-order valence-corrected chi connectivity index (χ4v) is 3.40. The molecule has 8 heteroatoms. The molecule has 0 saturated carbocycles. The summed E-state index contributed by atoms with van der Waals surface area (Å²) in [6.45, 7) is 7.25. The molecule has 8 nitrogen and oxygen atoms in total. The topological polar surface area (TPSA) is 94.8 Å². The van der Waals surface area contributed by atoms with E-state index in [2.05, 4.69) is 17.1 Å². The summed E-state index contributed by atoms with van der Waals surface area (Å²) in [6.07, 6.45) is 2.44. The second kappa shape index (κ2) is 7.20. The molecular weight excluding hydrogens is 358 g/mol. The lowest BCUT2D eigenvalue weighted by atomic mass is 10.1. The number of rotatable bonds is 4. The number of nitrogens with one attached hydrogen (secondary N) is 1. The maximum Gasteiger partial charge on any atom is 0.328 e. The summed E-state index contributed by atoms with van der Waals surface area (Å²) < 4.78 is 8.76. The zero-order valence-electron chi connectivity index (χ0n) is 16.2. The molecule has 2 aromatic heterocycles. The van der Waals surface area contributed by atoms with Gasteiger partial charge in [-0.05, 0) is 44.4 Å². The van der Waals surface area contributed by atoms with Crippen molar-refractivity contribution >= 4 is 0 Å². The molecule has 1 aromatic carbocycles. The molecule has 1 saturated heterocycles. The van der Waals surface area contributed by atoms with Gasteiger partial charge in [0.1, 0.15) is 0 Å². The first kappa shape index (κ1) is 18.4. The third-order valence-corrected chi connectivity index (χ3v) is 5.08. The van der Waals surface area contributed by atoms with Gasteiger partial charge in [-0.25, -0.2) is 14.5 Å². The van der Waals surface area contributed by atoms with Crippen LogP contribution in [0.1, 0.15) is 40.7 Å². The van der Waals surface area contributed by atoms with Gasteiger partial charge in [0.15, 0.2) is 11.6 Å². The van der Waals surface area contributed by atoms with Crippen LogP contribution in [-0.2, 0) is 11.3 Å². The Balaban J connectivity index is 1.83. The number of benzene rings is 1. The van der Waals surface area contributed by atoms with Crippen molar-refractivity contribution in [1.29, 1.82) is 0 Å². The number of nitrogens with zero attached hydrogens (tertiary/aromatic N) is 4. The third kappa shape index (κ3) is 3.43. The summed E-state index contributed by atoms with van der Waals surface area (Å²) in [4.78, 5) is 31.0. The number of aryl methyl sites for hydroxylation is 3. The first-order valence-electron chi connectivity index (χ1n) is 9.34. The van der Waals surface area contributed by atoms with Crippen LogP contribution in [-0.4, -0.2) is 37.5 Å². The van der Waals surface area contributed by atoms with Crippen LogP contribution < -0.4 is 11.2 Å². The van der Waals surface area contributed by atoms with Crippen LogP contribution in [0.5, 0.6) is 0 Å². The van der Waals surface area contributed by atoms with Crippen molar-refractivity contribution < 1.29 is 4.74 Å². The Morgan fingerprint density at radius 2 is 2.04 bits per heavy atom. The summed E-state index contributed by atoms with van der Waals surface area (Å²) in [5, 5.41) is 4.77. The minimum atomic E-state index is -0.461. The highest BCUT2D eigenvalue weighted by atomic mass is 16.5. The fraction of sp³-hybridized carbons (Fsp3) is 0.400. The van der Waals surface area contributed by atoms with Gasteiger partial charge >= 0.3 is 5.69 Å². The van der Waals surface area contributed by atoms with Crippen LogP contribution in [0, 0.1) is 20.8 Å². The highest BCUT2D eigenvalue weighted by Gasteiger charge is 2.24. The molecule has 0 amide bonds. The lowest BCUT2D eigenvalue weighted by Gasteiger charge is -2.11. The standard InChI is InChI=1S/C20H23N5O3/c1-12-4-5-13(2)16(8-12)25-17(21-18(23-25)15-6-7-28-11-15)10-24-9-14(3)19(26)22-20(24)27/h4-5,8-9,15H,6-7,10-11H2,1-3H3,(H,22,26,27)/t15-/m1/s1. The molecule has 1 fully saturated rings. The van der Waals surface area contributed by atoms with E-state index in [-0.39, 0.29) is 18.0 Å². The van der Waals surface area contributed by atoms with Gasteiger partial charge < -0.3 is 4.74 Å². The Morgan fingerprint density at radius 1 is 1.21 bits per heavy atom. The quantitative estimate of drug-likeness (QED) is 0.741. The van der Waals surface area contributed by atoms with Gasteiger partial charge in [-0.1, -0.05) is 12.1 Å². The summed E-state index contributed by atoms with van der Waals surface area (Å²) >= 11 is 0. The van der Waals surface area contributed by atoms with E-state index in [1.807, 2.05) is 24.6 Å². The average molecular weight is 381 g/mol. The largest absolute Gasteiger partial charge is 0.381 e. The van der Waals surface area contributed by atoms with Gasteiger partial charge in [-0.15, -0.1) is 0 Å². The smallest absolute Gasteiger partial charge is 0.328 e. The molecule has 1 N–H and O–H groups in total. The summed E-state index contributed by atoms with van der Waals surface area (Å²) in [6, 6.07) is 6.16. The monoisotopic (exact) mass is 381 g/mol. The number of aromatic amines is 1. The molecule has 3 heterocycles. The van der Waals surface area contributed by atoms with E-state index in [0.717, 1.165) is 29.1 Å². The van der Waals surface area contributed by atoms with Gasteiger partial charge in [0.2, 0.25) is 0 Å². The predicted octanol–water partition coefficient (Wildman–Crippen LogP) is 1.59. The normalized spacial score (nSPS) is 16.6. The molecule has 4 rings (SSSR count). The van der Waals surface area contributed by atoms with Gasteiger partial charge in [0.25, 0.3) is 5.56 Å². The van der Waals surface area contributed by atoms with E-state index in [1.54, 1.807) is 13.1 Å². The molecule has 146 valence electrons. The number of hydrogen-bond acceptors (Lipinski definition) is 5. The zero-order chi connectivity index (χ0) is 19.8. The van der Waals surface area contributed by atoms with Crippen molar-refractivity contribution in [3.63, 3.8) is 0 Å². The molecule has 0 spiro atoms. The van der Waals surface area contributed by atoms with Gasteiger partial charge in [-0.2, -0.15) is 5.10 Å². The second-order valence-electron chi connectivity index (χ2n) is 7.35. The predicted molar refractivity (Wildman–Crippen MR) is 104 cm³/mol. The molecule has 0 unspecified atom stereocenters. The minimum Gasteiger partial charge on any atom is -0.381 e. The Labute approximate surface area is 161 Å². The van der Waals surface area contributed by atoms with Crippen LogP contribution in [0.15, 0.2) is 34.0 Å². The third-order valence-electron chi connectivity index (χ3n) is 5.08. The van der Waals surface area contributed by atoms with Crippen LogP contribution in [0.4, 0.5) is 0 Å². The molecule has 1 atom stereocenters. The zero-order valence-corrected chi connectivity index (χ0v) is 16.2. The first-order chi connectivity index (χ1) is 13.4. The van der Waals surface area contributed by atoms with Crippen molar-refractivity contribution in [3.05, 3.63) is 73.6 Å². The first-order valence-corrected chi connectivity index (χ1v) is 9.34. The van der Waals surface area contributed by atoms with E-state index in [4.69, 9.17) is 14.8 Å². The van der Waals surface area contributed by atoms with Crippen LogP contribution in [0.25, 0.3) is 5.69 Å². The van der Waals surface area contributed by atoms with Crippen molar-refractivity contribution in [2.45, 2.75) is 39.7 Å². The van der Waals surface area contributed by atoms with Crippen LogP contribution >= 0.6 is 0 Å². The van der Waals surface area contributed by atoms with E-state index in [1.165, 1.54) is 4.57 Å². The number of aromatic nitrogens is 5. The van der Waals surface area contributed by atoms with E-state index in [9.17, 15) is 9.59 Å². The Kier molecular flexibility index (Phi) is 4.72. The Bertz CT molecular complexity index is 1140. The molecule has 28 heavy (non-hydrogen) atoms. The lowest BCUT2D eigenvalue weighted by Crippen LogP contribution is -2.31. The highest BCUT2D eigenvalue weighted by Crippen LogP contribution is 2.25. The Morgan fingerprint density at radius 3 is 2.79 bits per heavy atom. The second-order valence-corrected chi connectivity index (χ2v) is 7.35. The SMILES string of the molecule is Cc1ccc(C)c(-n2nc([C@@H]3CCOC3)nc2Cn2cc(C)c(=O)[nH]c2=O)c1. The molecule has 0 bridgehead atoms. The van der Waals surface area contributed by atoms with Crippen molar-refractivity contribution in [1.82, 2.24) is 24.3 Å². The van der Waals surface area contributed by atoms with Crippen molar-refractivity contribution in [2.24, 2.45) is 0 Å². The average Bonchev–Trinajstić information content (AvgIpc) is 3.31. The Hall–Kier alpha value is -3.00. The van der Waals surface area contributed by atoms with Gasteiger partial charge in [0, 0.05) is 24.3 Å². The fourth-order valence-electron chi connectivity index (χ4n) is 3.40. The van der Waals surface area contributed by atoms with Crippen LogP contribution in [0.3, 0.4) is 0 Å². The molecule has 3 aromatic rings. The van der Waals surface area contributed by atoms with Crippen molar-refractivity contribution in [3.8, 4) is 5.69 Å². The van der Waals surface area contributed by atoms with Gasteiger partial charge in [-0.3, -0.25) is 14.3 Å². The van der Waals surface area contributed by atoms with E-state index >= 15 is 0 Å². The lowest BCUT2D eigenvalue weighted by molar-refractivity contribution is 0.193. The van der Waals surface area contributed by atoms with Gasteiger partial charge in [0.05, 0.1) is 18.8 Å². The highest BCUT2D eigenvalue weighted by molar-refractivity contribution is 5.43. The number of H-pyrrole nitrogens is 1. The molecule has 0 radical (unpaired) electrons. The molecular formula is C20H23N5O3. The number of ether oxygens (including phenoxy) is 1. The van der Waals surface area contributed by atoms with E-state index in [0.29, 0.717) is 24.6 Å². The van der Waals surface area contributed by atoms with E-state index < -0.39 is 5.69 Å². The molecule has 1 aliphatic rings. The number of hydrogen-bond donors (Lipinski definition) is 1. The minimum absolute atomic E-state index is 0.152. The summed E-state index contributed by atoms with van der Waals surface area (Å²) in [5.41, 5.74) is 2.75. The van der Waals surface area contributed by atoms with Crippen molar-refractivity contribution in [2.75, 3.05) is 13.2 Å². The maximum atomic E-state index is 12.3. The summed E-state index contributed by atoms with van der Waals surface area (Å²) in [5.74, 6) is 1.52. The maximum absolute atomic E-state index is 12.3. The molecule has 1 aliphatic heterocycles. The van der Waals surface area contributed by atoms with Crippen LogP contribution in [0.2, 0.25) is 0 Å². The molecule has 0 aliphatic carbocycles.